The largest absolute Gasteiger partial charge is 0.342 e. The smallest absolute Gasteiger partial charge is 0.329 e. The molecule has 0 bridgehead atoms. The minimum atomic E-state index is -0.396. The number of carbonyl (C=O) groups is 2. The van der Waals surface area contributed by atoms with E-state index in [4.69, 9.17) is 0 Å². The number of fused-ring (bicyclic) bond motifs is 2. The first-order valence-electron chi connectivity index (χ1n) is 12.0. The van der Waals surface area contributed by atoms with Crippen molar-refractivity contribution in [2.24, 2.45) is 0 Å². The van der Waals surface area contributed by atoms with E-state index in [0.717, 1.165) is 27.6 Å². The van der Waals surface area contributed by atoms with Gasteiger partial charge >= 0.3 is 6.03 Å². The summed E-state index contributed by atoms with van der Waals surface area (Å²) in [7, 11) is 0. The zero-order chi connectivity index (χ0) is 24.6. The molecule has 0 atom stereocenters. The maximum Gasteiger partial charge on any atom is 0.329 e. The summed E-state index contributed by atoms with van der Waals surface area (Å²) in [6, 6.07) is 30.4. The molecule has 0 aliphatic carbocycles. The SMILES string of the molecule is Cc1cccc(CN2C(=O)N/C(=C/c3cn(Cc4ccc5ccccc5c4)c4ccccc34)C2=O)c1. The number of benzene rings is 4. The van der Waals surface area contributed by atoms with Gasteiger partial charge in [0.1, 0.15) is 5.70 Å². The van der Waals surface area contributed by atoms with Gasteiger partial charge in [0.15, 0.2) is 0 Å². The molecule has 36 heavy (non-hydrogen) atoms. The fourth-order valence-electron chi connectivity index (χ4n) is 4.92. The zero-order valence-electron chi connectivity index (χ0n) is 19.9. The normalized spacial score (nSPS) is 14.8. The second-order valence-electron chi connectivity index (χ2n) is 9.28. The third-order valence-electron chi connectivity index (χ3n) is 6.67. The summed E-state index contributed by atoms with van der Waals surface area (Å²) < 4.78 is 2.19. The summed E-state index contributed by atoms with van der Waals surface area (Å²) in [5.41, 5.74) is 5.48. The van der Waals surface area contributed by atoms with Crippen LogP contribution in [-0.4, -0.2) is 21.4 Å². The van der Waals surface area contributed by atoms with Crippen molar-refractivity contribution < 1.29 is 9.59 Å². The second-order valence-corrected chi connectivity index (χ2v) is 9.28. The predicted molar refractivity (Wildman–Crippen MR) is 143 cm³/mol. The Morgan fingerprint density at radius 1 is 0.778 bits per heavy atom. The van der Waals surface area contributed by atoms with Crippen molar-refractivity contribution >= 4 is 39.7 Å². The molecule has 5 heteroatoms. The van der Waals surface area contributed by atoms with Crippen LogP contribution in [0, 0.1) is 6.92 Å². The molecule has 1 N–H and O–H groups in total. The molecule has 1 fully saturated rings. The molecule has 1 saturated heterocycles. The minimum Gasteiger partial charge on any atom is -0.342 e. The van der Waals surface area contributed by atoms with Crippen LogP contribution in [0.25, 0.3) is 27.8 Å². The van der Waals surface area contributed by atoms with E-state index in [1.165, 1.54) is 21.2 Å². The van der Waals surface area contributed by atoms with Gasteiger partial charge in [-0.25, -0.2) is 4.79 Å². The molecule has 0 saturated carbocycles. The van der Waals surface area contributed by atoms with Gasteiger partial charge in [0.2, 0.25) is 0 Å². The average molecular weight is 472 g/mol. The lowest BCUT2D eigenvalue weighted by atomic mass is 10.1. The molecule has 0 radical (unpaired) electrons. The molecule has 5 aromatic rings. The number of para-hydroxylation sites is 1. The molecule has 0 spiro atoms. The highest BCUT2D eigenvalue weighted by Crippen LogP contribution is 2.27. The number of rotatable bonds is 5. The number of hydrogen-bond acceptors (Lipinski definition) is 2. The van der Waals surface area contributed by atoms with Gasteiger partial charge in [-0.05, 0) is 47.0 Å². The molecular weight excluding hydrogens is 446 g/mol. The van der Waals surface area contributed by atoms with E-state index in [-0.39, 0.29) is 12.5 Å². The van der Waals surface area contributed by atoms with Crippen LogP contribution in [0.5, 0.6) is 0 Å². The highest BCUT2D eigenvalue weighted by molar-refractivity contribution is 6.14. The number of urea groups is 1. The van der Waals surface area contributed by atoms with Crippen molar-refractivity contribution in [1.29, 1.82) is 0 Å². The number of hydrogen-bond donors (Lipinski definition) is 1. The first-order valence-corrected chi connectivity index (χ1v) is 12.0. The number of aryl methyl sites for hydroxylation is 1. The van der Waals surface area contributed by atoms with E-state index < -0.39 is 6.03 Å². The fraction of sp³-hybridized carbons (Fsp3) is 0.0968. The third kappa shape index (κ3) is 4.05. The molecular formula is C31H25N3O2. The van der Waals surface area contributed by atoms with Gasteiger partial charge in [-0.2, -0.15) is 0 Å². The molecule has 2 heterocycles. The monoisotopic (exact) mass is 471 g/mol. The average Bonchev–Trinajstić information content (AvgIpc) is 3.36. The summed E-state index contributed by atoms with van der Waals surface area (Å²) in [6.07, 6.45) is 3.84. The lowest BCUT2D eigenvalue weighted by Crippen LogP contribution is -2.30. The van der Waals surface area contributed by atoms with Gasteiger partial charge in [0.05, 0.1) is 6.54 Å². The van der Waals surface area contributed by atoms with Crippen LogP contribution in [0.4, 0.5) is 4.79 Å². The lowest BCUT2D eigenvalue weighted by Gasteiger charge is -2.12. The standard InChI is InChI=1S/C31H25N3O2/c1-21-7-6-8-22(15-21)19-34-30(35)28(32-31(34)36)17-26-20-33(29-12-5-4-11-27(26)29)18-23-13-14-24-9-2-3-10-25(24)16-23/h2-17,20H,18-19H2,1H3,(H,32,36)/b28-17+. The van der Waals surface area contributed by atoms with Gasteiger partial charge in [-0.15, -0.1) is 0 Å². The molecule has 4 aromatic carbocycles. The summed E-state index contributed by atoms with van der Waals surface area (Å²) >= 11 is 0. The van der Waals surface area contributed by atoms with Gasteiger partial charge in [0.25, 0.3) is 5.91 Å². The highest BCUT2D eigenvalue weighted by atomic mass is 16.2. The first kappa shape index (κ1) is 21.9. The van der Waals surface area contributed by atoms with Crippen molar-refractivity contribution in [1.82, 2.24) is 14.8 Å². The van der Waals surface area contributed by atoms with Crippen molar-refractivity contribution in [3.05, 3.63) is 125 Å². The number of nitrogens with zero attached hydrogens (tertiary/aromatic N) is 2. The number of amides is 3. The summed E-state index contributed by atoms with van der Waals surface area (Å²) in [4.78, 5) is 27.0. The topological polar surface area (TPSA) is 54.3 Å². The number of nitrogens with one attached hydrogen (secondary N) is 1. The van der Waals surface area contributed by atoms with E-state index in [1.807, 2.05) is 55.5 Å². The van der Waals surface area contributed by atoms with Crippen LogP contribution in [-0.2, 0) is 17.9 Å². The van der Waals surface area contributed by atoms with E-state index >= 15 is 0 Å². The van der Waals surface area contributed by atoms with E-state index in [0.29, 0.717) is 12.2 Å². The Bertz CT molecular complexity index is 1680. The van der Waals surface area contributed by atoms with Crippen LogP contribution in [0.15, 0.2) is 103 Å². The molecule has 176 valence electrons. The van der Waals surface area contributed by atoms with Crippen LogP contribution in [0.3, 0.4) is 0 Å². The van der Waals surface area contributed by atoms with Crippen molar-refractivity contribution in [3.63, 3.8) is 0 Å². The molecule has 3 amide bonds. The maximum absolute atomic E-state index is 13.1. The van der Waals surface area contributed by atoms with Gasteiger partial charge < -0.3 is 9.88 Å². The van der Waals surface area contributed by atoms with Crippen LogP contribution in [0.1, 0.15) is 22.3 Å². The molecule has 1 aliphatic rings. The zero-order valence-corrected chi connectivity index (χ0v) is 19.9. The summed E-state index contributed by atoms with van der Waals surface area (Å²) in [5.74, 6) is -0.312. The number of aromatic nitrogens is 1. The summed E-state index contributed by atoms with van der Waals surface area (Å²) in [5, 5.41) is 6.23. The number of imide groups is 1. The molecule has 5 nitrogen and oxygen atoms in total. The Morgan fingerprint density at radius 2 is 1.56 bits per heavy atom. The van der Waals surface area contributed by atoms with E-state index in [9.17, 15) is 9.59 Å². The lowest BCUT2D eigenvalue weighted by molar-refractivity contribution is -0.123. The number of carbonyl (C=O) groups excluding carboxylic acids is 2. The molecule has 6 rings (SSSR count). The Morgan fingerprint density at radius 3 is 2.42 bits per heavy atom. The van der Waals surface area contributed by atoms with Crippen LogP contribution < -0.4 is 5.32 Å². The Balaban J connectivity index is 1.32. The van der Waals surface area contributed by atoms with E-state index in [2.05, 4.69) is 58.5 Å². The van der Waals surface area contributed by atoms with Crippen LogP contribution in [0.2, 0.25) is 0 Å². The fourth-order valence-corrected chi connectivity index (χ4v) is 4.92. The van der Waals surface area contributed by atoms with Crippen LogP contribution >= 0.6 is 0 Å². The van der Waals surface area contributed by atoms with Gasteiger partial charge in [-0.3, -0.25) is 9.69 Å². The quantitative estimate of drug-likeness (QED) is 0.244. The molecule has 1 aromatic heterocycles. The third-order valence-corrected chi connectivity index (χ3v) is 6.67. The van der Waals surface area contributed by atoms with Gasteiger partial charge in [-0.1, -0.05) is 84.4 Å². The summed E-state index contributed by atoms with van der Waals surface area (Å²) in [6.45, 7) is 2.94. The van der Waals surface area contributed by atoms with Gasteiger partial charge in [0, 0.05) is 29.2 Å². The van der Waals surface area contributed by atoms with E-state index in [1.54, 1.807) is 6.08 Å². The molecule has 1 aliphatic heterocycles. The Kier molecular flexibility index (Phi) is 5.38. The highest BCUT2D eigenvalue weighted by Gasteiger charge is 2.33. The second kappa shape index (κ2) is 8.86. The maximum atomic E-state index is 13.1. The Hall–Kier alpha value is -4.64. The first-order chi connectivity index (χ1) is 17.5. The minimum absolute atomic E-state index is 0.243. The predicted octanol–water partition coefficient (Wildman–Crippen LogP) is 6.24. The Labute approximate surface area is 209 Å². The van der Waals surface area contributed by atoms with Crippen molar-refractivity contribution in [2.45, 2.75) is 20.0 Å². The molecule has 0 unspecified atom stereocenters. The van der Waals surface area contributed by atoms with Crippen molar-refractivity contribution in [3.8, 4) is 0 Å². The van der Waals surface area contributed by atoms with Crippen molar-refractivity contribution in [2.75, 3.05) is 0 Å².